The van der Waals surface area contributed by atoms with E-state index in [2.05, 4.69) is 20.6 Å². The molecule has 0 spiro atoms. The third kappa shape index (κ3) is 6.25. The number of hydrogen-bond acceptors (Lipinski definition) is 7. The Kier molecular flexibility index (Phi) is 7.36. The number of nitrogens with two attached hydrogens (primary N) is 2. The number of aromatic amines is 1. The van der Waals surface area contributed by atoms with Crippen molar-refractivity contribution < 1.29 is 19.5 Å². The number of H-pyrrole nitrogens is 1. The number of carbonyl (C=O) groups is 3. The second kappa shape index (κ2) is 9.72. The summed E-state index contributed by atoms with van der Waals surface area (Å²) in [6.45, 7) is 0.670. The van der Waals surface area contributed by atoms with Gasteiger partial charge in [-0.25, -0.2) is 4.79 Å². The molecule has 1 aromatic rings. The van der Waals surface area contributed by atoms with Crippen LogP contribution in [-0.4, -0.2) is 45.4 Å². The van der Waals surface area contributed by atoms with Crippen LogP contribution in [0.25, 0.3) is 0 Å². The van der Waals surface area contributed by atoms with Gasteiger partial charge in [-0.15, -0.1) is 0 Å². The molecule has 0 unspecified atom stereocenters. The number of nitrogens with one attached hydrogen (secondary N) is 3. The van der Waals surface area contributed by atoms with E-state index in [-0.39, 0.29) is 42.6 Å². The first-order chi connectivity index (χ1) is 13.3. The topological polar surface area (TPSA) is 193 Å². The van der Waals surface area contributed by atoms with Gasteiger partial charge in [-0.1, -0.05) is 6.42 Å². The van der Waals surface area contributed by atoms with Crippen molar-refractivity contribution in [3.8, 4) is 0 Å². The van der Waals surface area contributed by atoms with Gasteiger partial charge in [0.1, 0.15) is 11.9 Å². The van der Waals surface area contributed by atoms with E-state index in [1.807, 2.05) is 0 Å². The molecule has 1 aromatic heterocycles. The normalized spacial score (nSPS) is 16.5. The maximum atomic E-state index is 12.0. The van der Waals surface area contributed by atoms with Gasteiger partial charge in [0, 0.05) is 19.4 Å². The standard InChI is InChI=1S/C17H26N6O5/c18-12(24)6-5-11(16(27)28)21-13(25)4-2-1-3-9-7-10-14(20-8-9)22-17(19)23-15(10)26/h9,11H,1-8H2,(H2,18,24)(H,21,25)(H,27,28)(H4,19,20,22,23,26)/t9-,11-/m0/s1. The summed E-state index contributed by atoms with van der Waals surface area (Å²) < 4.78 is 0. The molecule has 0 saturated heterocycles. The van der Waals surface area contributed by atoms with E-state index in [0.29, 0.717) is 30.8 Å². The van der Waals surface area contributed by atoms with Crippen LogP contribution < -0.4 is 27.7 Å². The molecule has 11 nitrogen and oxygen atoms in total. The Hall–Kier alpha value is -3.11. The minimum Gasteiger partial charge on any atom is -0.480 e. The van der Waals surface area contributed by atoms with Gasteiger partial charge in [0.2, 0.25) is 17.8 Å². The van der Waals surface area contributed by atoms with Gasteiger partial charge in [0.05, 0.1) is 5.56 Å². The Morgan fingerprint density at radius 2 is 2.04 bits per heavy atom. The number of hydrogen-bond donors (Lipinski definition) is 6. The fourth-order valence-electron chi connectivity index (χ4n) is 3.19. The van der Waals surface area contributed by atoms with Crippen molar-refractivity contribution in [3.63, 3.8) is 0 Å². The second-order valence-corrected chi connectivity index (χ2v) is 6.94. The Bertz CT molecular complexity index is 793. The van der Waals surface area contributed by atoms with Crippen LogP contribution in [0.4, 0.5) is 11.8 Å². The molecule has 0 aromatic carbocycles. The number of rotatable bonds is 10. The van der Waals surface area contributed by atoms with E-state index in [1.165, 1.54) is 0 Å². The van der Waals surface area contributed by atoms with Crippen molar-refractivity contribution in [1.82, 2.24) is 15.3 Å². The minimum absolute atomic E-state index is 0.0311. The number of carboxylic acid groups (broad SMARTS) is 1. The third-order valence-corrected chi connectivity index (χ3v) is 4.66. The fraction of sp³-hybridized carbons (Fsp3) is 0.588. The van der Waals surface area contributed by atoms with E-state index < -0.39 is 17.9 Å². The van der Waals surface area contributed by atoms with Crippen molar-refractivity contribution in [2.45, 2.75) is 51.0 Å². The highest BCUT2D eigenvalue weighted by Gasteiger charge is 2.23. The van der Waals surface area contributed by atoms with Crippen molar-refractivity contribution in [2.24, 2.45) is 11.7 Å². The molecule has 8 N–H and O–H groups in total. The van der Waals surface area contributed by atoms with E-state index in [0.717, 1.165) is 12.8 Å². The maximum absolute atomic E-state index is 12.0. The Labute approximate surface area is 161 Å². The summed E-state index contributed by atoms with van der Waals surface area (Å²) in [6.07, 6.45) is 2.81. The number of carboxylic acids is 1. The molecule has 0 fully saturated rings. The molecule has 0 bridgehead atoms. The zero-order valence-corrected chi connectivity index (χ0v) is 15.5. The molecule has 154 valence electrons. The molecule has 2 atom stereocenters. The largest absolute Gasteiger partial charge is 0.480 e. The van der Waals surface area contributed by atoms with Gasteiger partial charge in [0.15, 0.2) is 0 Å². The Morgan fingerprint density at radius 1 is 1.29 bits per heavy atom. The zero-order valence-electron chi connectivity index (χ0n) is 15.5. The Morgan fingerprint density at radius 3 is 2.71 bits per heavy atom. The van der Waals surface area contributed by atoms with Crippen LogP contribution in [0.5, 0.6) is 0 Å². The molecule has 11 heteroatoms. The third-order valence-electron chi connectivity index (χ3n) is 4.66. The minimum atomic E-state index is -1.19. The number of unbranched alkanes of at least 4 members (excludes halogenated alkanes) is 1. The van der Waals surface area contributed by atoms with Crippen LogP contribution in [0.1, 0.15) is 44.1 Å². The number of nitrogen functional groups attached to an aromatic ring is 1. The van der Waals surface area contributed by atoms with Crippen molar-refractivity contribution in [2.75, 3.05) is 17.6 Å². The average molecular weight is 394 g/mol. The predicted molar refractivity (Wildman–Crippen MR) is 101 cm³/mol. The highest BCUT2D eigenvalue weighted by molar-refractivity contribution is 5.84. The number of primary amides is 1. The fourth-order valence-corrected chi connectivity index (χ4v) is 3.19. The summed E-state index contributed by atoms with van der Waals surface area (Å²) in [5.41, 5.74) is 10.9. The summed E-state index contributed by atoms with van der Waals surface area (Å²) in [4.78, 5) is 52.3. The first-order valence-electron chi connectivity index (χ1n) is 9.19. The number of amides is 2. The van der Waals surface area contributed by atoms with Crippen LogP contribution in [0, 0.1) is 5.92 Å². The van der Waals surface area contributed by atoms with Crippen LogP contribution in [-0.2, 0) is 20.8 Å². The van der Waals surface area contributed by atoms with Crippen LogP contribution >= 0.6 is 0 Å². The number of nitrogens with zero attached hydrogens (tertiary/aromatic N) is 1. The molecule has 0 aliphatic carbocycles. The average Bonchev–Trinajstić information content (AvgIpc) is 2.62. The van der Waals surface area contributed by atoms with Gasteiger partial charge in [-0.05, 0) is 31.6 Å². The summed E-state index contributed by atoms with van der Waals surface area (Å²) in [6, 6.07) is -1.12. The lowest BCUT2D eigenvalue weighted by Crippen LogP contribution is -2.41. The molecule has 1 aliphatic rings. The SMILES string of the molecule is NC(=O)CC[C@H](NC(=O)CCCC[C@@H]1CNc2nc(N)[nH]c(=O)c2C1)C(=O)O. The highest BCUT2D eigenvalue weighted by atomic mass is 16.4. The first kappa shape index (κ1) is 21.2. The number of fused-ring (bicyclic) bond motifs is 1. The lowest BCUT2D eigenvalue weighted by molar-refractivity contribution is -0.142. The van der Waals surface area contributed by atoms with Gasteiger partial charge in [0.25, 0.3) is 5.56 Å². The van der Waals surface area contributed by atoms with Gasteiger partial charge in [-0.2, -0.15) is 4.98 Å². The molecule has 0 radical (unpaired) electrons. The summed E-state index contributed by atoms with van der Waals surface area (Å²) in [5, 5.41) is 14.6. The van der Waals surface area contributed by atoms with Gasteiger partial charge in [-0.3, -0.25) is 19.4 Å². The maximum Gasteiger partial charge on any atom is 0.326 e. The van der Waals surface area contributed by atoms with Crippen molar-refractivity contribution in [1.29, 1.82) is 0 Å². The zero-order chi connectivity index (χ0) is 20.7. The lowest BCUT2D eigenvalue weighted by atomic mass is 9.91. The van der Waals surface area contributed by atoms with E-state index in [1.54, 1.807) is 0 Å². The summed E-state index contributed by atoms with van der Waals surface area (Å²) in [5.74, 6) is -1.34. The lowest BCUT2D eigenvalue weighted by Gasteiger charge is -2.24. The van der Waals surface area contributed by atoms with Gasteiger partial charge >= 0.3 is 5.97 Å². The second-order valence-electron chi connectivity index (χ2n) is 6.94. The number of carbonyl (C=O) groups excluding carboxylic acids is 2. The van der Waals surface area contributed by atoms with E-state index in [9.17, 15) is 19.2 Å². The van der Waals surface area contributed by atoms with Crippen LogP contribution in [0.3, 0.4) is 0 Å². The molecule has 28 heavy (non-hydrogen) atoms. The van der Waals surface area contributed by atoms with E-state index >= 15 is 0 Å². The van der Waals surface area contributed by atoms with Crippen LogP contribution in [0.15, 0.2) is 4.79 Å². The molecule has 1 aliphatic heterocycles. The summed E-state index contributed by atoms with van der Waals surface area (Å²) >= 11 is 0. The molecular weight excluding hydrogens is 368 g/mol. The van der Waals surface area contributed by atoms with Crippen molar-refractivity contribution >= 4 is 29.5 Å². The predicted octanol–water partition coefficient (Wildman–Crippen LogP) is -0.668. The molecular formula is C17H26N6O5. The summed E-state index contributed by atoms with van der Waals surface area (Å²) in [7, 11) is 0. The van der Waals surface area contributed by atoms with E-state index in [4.69, 9.17) is 16.6 Å². The van der Waals surface area contributed by atoms with Crippen LogP contribution in [0.2, 0.25) is 0 Å². The van der Waals surface area contributed by atoms with Crippen molar-refractivity contribution in [3.05, 3.63) is 15.9 Å². The Balaban J connectivity index is 1.72. The monoisotopic (exact) mass is 394 g/mol. The molecule has 2 amide bonds. The van der Waals surface area contributed by atoms with Gasteiger partial charge < -0.3 is 27.2 Å². The molecule has 2 rings (SSSR count). The molecule has 2 heterocycles. The molecule has 0 saturated carbocycles. The number of anilines is 2. The quantitative estimate of drug-likeness (QED) is 0.281. The number of aliphatic carboxylic acids is 1. The number of aromatic nitrogens is 2. The highest BCUT2D eigenvalue weighted by Crippen LogP contribution is 2.23. The first-order valence-corrected chi connectivity index (χ1v) is 9.19. The smallest absolute Gasteiger partial charge is 0.326 e.